The summed E-state index contributed by atoms with van der Waals surface area (Å²) in [4.78, 5) is 9.42. The molecule has 2 aromatic carbocycles. The van der Waals surface area contributed by atoms with Crippen LogP contribution in [0.1, 0.15) is 0 Å². The van der Waals surface area contributed by atoms with Crippen molar-refractivity contribution < 1.29 is 40.7 Å². The van der Waals surface area contributed by atoms with E-state index >= 15 is 0 Å². The van der Waals surface area contributed by atoms with Crippen molar-refractivity contribution in [2.45, 2.75) is 20.8 Å². The number of nitro groups is 1. The first-order chi connectivity index (χ1) is 14.6. The van der Waals surface area contributed by atoms with Crippen LogP contribution in [0.5, 0.6) is 11.5 Å². The summed E-state index contributed by atoms with van der Waals surface area (Å²) in [5.41, 5.74) is -3.22. The number of methoxy groups -OCH3 is 2. The van der Waals surface area contributed by atoms with Crippen molar-refractivity contribution in [3.05, 3.63) is 43.3 Å². The summed E-state index contributed by atoms with van der Waals surface area (Å²) in [5.74, 6) is -0.0976. The maximum atomic E-state index is 12.3. The molecular formula is C16H12Br2F6N2O4S2. The van der Waals surface area contributed by atoms with Gasteiger partial charge in [-0.1, -0.05) is 0 Å². The minimum absolute atomic E-state index is 0.0528. The van der Waals surface area contributed by atoms with E-state index in [-0.39, 0.29) is 50.5 Å². The van der Waals surface area contributed by atoms with Crippen molar-refractivity contribution in [2.75, 3.05) is 20.0 Å². The van der Waals surface area contributed by atoms with Gasteiger partial charge in [0.25, 0.3) is 5.69 Å². The molecule has 0 aliphatic heterocycles. The second kappa shape index (κ2) is 11.6. The van der Waals surface area contributed by atoms with Crippen LogP contribution in [0.2, 0.25) is 0 Å². The summed E-state index contributed by atoms with van der Waals surface area (Å²) < 4.78 is 83.3. The van der Waals surface area contributed by atoms with E-state index in [1.54, 1.807) is 0 Å². The standard InChI is InChI=1S/C8H6Br2F3NOS.C8H6F3NO3S/c1-15-7-4(16-8(11,12)13)2-3(9)6(14)5(7)10;1-15-6-4-5(12(13)14)2-3-7(6)16-8(9,10)11/h2H,14H2,1H3;2-4H,1H3. The topological polar surface area (TPSA) is 87.6 Å². The van der Waals surface area contributed by atoms with Crippen LogP contribution in [0, 0.1) is 10.1 Å². The van der Waals surface area contributed by atoms with E-state index in [0.29, 0.717) is 14.6 Å². The second-order valence-corrected chi connectivity index (χ2v) is 9.17. The average Bonchev–Trinajstić information content (AvgIpc) is 2.64. The molecule has 2 aromatic rings. The van der Waals surface area contributed by atoms with Crippen LogP contribution in [0.3, 0.4) is 0 Å². The first kappa shape index (κ1) is 28.5. The largest absolute Gasteiger partial charge is 0.495 e. The molecule has 178 valence electrons. The monoisotopic (exact) mass is 632 g/mol. The Hall–Kier alpha value is -1.52. The lowest BCUT2D eigenvalue weighted by molar-refractivity contribution is -0.385. The summed E-state index contributed by atoms with van der Waals surface area (Å²) in [6.45, 7) is 0. The Kier molecular flexibility index (Phi) is 10.3. The fourth-order valence-electron chi connectivity index (χ4n) is 1.96. The number of thioether (sulfide) groups is 2. The third kappa shape index (κ3) is 8.78. The highest BCUT2D eigenvalue weighted by Crippen LogP contribution is 2.48. The zero-order valence-corrected chi connectivity index (χ0v) is 20.6. The summed E-state index contributed by atoms with van der Waals surface area (Å²) in [5, 5.41) is 10.4. The Morgan fingerprint density at radius 2 is 1.50 bits per heavy atom. The predicted octanol–water partition coefficient (Wildman–Crippen LogP) is 7.63. The van der Waals surface area contributed by atoms with Gasteiger partial charge in [0.2, 0.25) is 0 Å². The molecule has 0 bridgehead atoms. The third-order valence-corrected chi connectivity index (χ3v) is 6.17. The number of hydrogen-bond donors (Lipinski definition) is 1. The van der Waals surface area contributed by atoms with Gasteiger partial charge >= 0.3 is 11.0 Å². The van der Waals surface area contributed by atoms with Crippen molar-refractivity contribution in [3.63, 3.8) is 0 Å². The maximum Gasteiger partial charge on any atom is 0.446 e. The molecular weight excluding hydrogens is 622 g/mol. The molecule has 0 spiro atoms. The van der Waals surface area contributed by atoms with Crippen LogP contribution in [0.15, 0.2) is 43.0 Å². The van der Waals surface area contributed by atoms with Gasteiger partial charge < -0.3 is 15.2 Å². The van der Waals surface area contributed by atoms with Gasteiger partial charge in [0.05, 0.1) is 45.2 Å². The van der Waals surface area contributed by atoms with Crippen LogP contribution < -0.4 is 15.2 Å². The summed E-state index contributed by atoms with van der Waals surface area (Å²) in [6.07, 6.45) is 0. The fraction of sp³-hybridized carbons (Fsp3) is 0.250. The van der Waals surface area contributed by atoms with Gasteiger partial charge in [0.1, 0.15) is 11.5 Å². The van der Waals surface area contributed by atoms with E-state index in [2.05, 4.69) is 36.6 Å². The summed E-state index contributed by atoms with van der Waals surface area (Å²) >= 11 is 5.54. The molecule has 0 atom stereocenters. The zero-order chi connectivity index (χ0) is 24.9. The smallest absolute Gasteiger partial charge is 0.446 e. The number of nitrogens with two attached hydrogens (primary N) is 1. The highest BCUT2D eigenvalue weighted by Gasteiger charge is 2.32. The van der Waals surface area contributed by atoms with E-state index in [9.17, 15) is 36.5 Å². The Labute approximate surface area is 202 Å². The molecule has 16 heteroatoms. The highest BCUT2D eigenvalue weighted by atomic mass is 79.9. The normalized spacial score (nSPS) is 11.4. The lowest BCUT2D eigenvalue weighted by Gasteiger charge is -2.14. The molecule has 0 fully saturated rings. The van der Waals surface area contributed by atoms with Crippen LogP contribution >= 0.6 is 55.4 Å². The number of alkyl halides is 6. The molecule has 32 heavy (non-hydrogen) atoms. The lowest BCUT2D eigenvalue weighted by Crippen LogP contribution is -2.02. The quantitative estimate of drug-likeness (QED) is 0.119. The number of hydrogen-bond acceptors (Lipinski definition) is 7. The molecule has 0 heterocycles. The Bertz CT molecular complexity index is 977. The van der Waals surface area contributed by atoms with Gasteiger partial charge in [-0.05, 0) is 67.5 Å². The number of halogens is 8. The van der Waals surface area contributed by atoms with E-state index in [1.165, 1.54) is 13.2 Å². The molecule has 0 aliphatic carbocycles. The summed E-state index contributed by atoms with van der Waals surface area (Å²) in [7, 11) is 2.44. The van der Waals surface area contributed by atoms with E-state index in [1.807, 2.05) is 0 Å². The number of ether oxygens (including phenoxy) is 2. The Morgan fingerprint density at radius 1 is 0.969 bits per heavy atom. The van der Waals surface area contributed by atoms with Crippen LogP contribution in [0.25, 0.3) is 0 Å². The van der Waals surface area contributed by atoms with Crippen LogP contribution in [-0.2, 0) is 0 Å². The van der Waals surface area contributed by atoms with E-state index in [0.717, 1.165) is 25.3 Å². The van der Waals surface area contributed by atoms with Crippen molar-refractivity contribution in [3.8, 4) is 11.5 Å². The van der Waals surface area contributed by atoms with Gasteiger partial charge in [0, 0.05) is 10.5 Å². The number of non-ortho nitro benzene ring substituents is 1. The number of anilines is 1. The average molecular weight is 634 g/mol. The molecule has 0 aromatic heterocycles. The van der Waals surface area contributed by atoms with Gasteiger partial charge in [-0.3, -0.25) is 10.1 Å². The fourth-order valence-corrected chi connectivity index (χ4v) is 4.86. The minimum Gasteiger partial charge on any atom is -0.495 e. The van der Waals surface area contributed by atoms with Crippen molar-refractivity contribution in [1.82, 2.24) is 0 Å². The number of rotatable bonds is 5. The summed E-state index contributed by atoms with van der Waals surface area (Å²) in [6, 6.07) is 4.23. The van der Waals surface area contributed by atoms with Gasteiger partial charge in [0.15, 0.2) is 0 Å². The van der Waals surface area contributed by atoms with Crippen molar-refractivity contribution in [2.24, 2.45) is 0 Å². The number of nitro benzene ring substituents is 1. The molecule has 0 aliphatic rings. The Morgan fingerprint density at radius 3 is 1.94 bits per heavy atom. The van der Waals surface area contributed by atoms with E-state index < -0.39 is 15.9 Å². The maximum absolute atomic E-state index is 12.3. The predicted molar refractivity (Wildman–Crippen MR) is 116 cm³/mol. The van der Waals surface area contributed by atoms with Crippen molar-refractivity contribution in [1.29, 1.82) is 0 Å². The third-order valence-electron chi connectivity index (χ3n) is 3.19. The van der Waals surface area contributed by atoms with Crippen molar-refractivity contribution >= 4 is 66.8 Å². The van der Waals surface area contributed by atoms with Crippen LogP contribution in [0.4, 0.5) is 37.7 Å². The number of nitrogens with zero attached hydrogens (tertiary/aromatic N) is 1. The SMILES string of the molecule is COc1c(SC(F)(F)F)cc(Br)c(N)c1Br.COc1cc([N+](=O)[O-])ccc1SC(F)(F)F. The zero-order valence-electron chi connectivity index (χ0n) is 15.8. The molecule has 0 unspecified atom stereocenters. The number of benzene rings is 2. The Balaban J connectivity index is 0.000000320. The van der Waals surface area contributed by atoms with Crippen LogP contribution in [-0.4, -0.2) is 30.2 Å². The molecule has 0 amide bonds. The molecule has 6 nitrogen and oxygen atoms in total. The number of nitrogen functional groups attached to an aromatic ring is 1. The molecule has 2 N–H and O–H groups in total. The minimum atomic E-state index is -4.45. The second-order valence-electron chi connectivity index (χ2n) is 5.31. The van der Waals surface area contributed by atoms with Gasteiger partial charge in [-0.15, -0.1) is 0 Å². The van der Waals surface area contributed by atoms with Gasteiger partial charge in [-0.25, -0.2) is 0 Å². The first-order valence-corrected chi connectivity index (χ1v) is 11.0. The first-order valence-electron chi connectivity index (χ1n) is 7.75. The molecule has 2 rings (SSSR count). The van der Waals surface area contributed by atoms with Gasteiger partial charge in [-0.2, -0.15) is 26.3 Å². The molecule has 0 radical (unpaired) electrons. The molecule has 0 saturated heterocycles. The lowest BCUT2D eigenvalue weighted by atomic mass is 10.3. The highest BCUT2D eigenvalue weighted by molar-refractivity contribution is 9.11. The van der Waals surface area contributed by atoms with E-state index in [4.69, 9.17) is 10.5 Å². The molecule has 0 saturated carbocycles.